The summed E-state index contributed by atoms with van der Waals surface area (Å²) in [6.07, 6.45) is 1.50. The van der Waals surface area contributed by atoms with Crippen molar-refractivity contribution < 1.29 is 14.7 Å². The van der Waals surface area contributed by atoms with Crippen LogP contribution in [-0.2, 0) is 11.2 Å². The fourth-order valence-corrected chi connectivity index (χ4v) is 4.37. The second-order valence-electron chi connectivity index (χ2n) is 9.02. The molecule has 0 aliphatic heterocycles. The quantitative estimate of drug-likeness (QED) is 0.369. The summed E-state index contributed by atoms with van der Waals surface area (Å²) >= 11 is 12.2. The van der Waals surface area contributed by atoms with Crippen LogP contribution in [0.3, 0.4) is 0 Å². The fraction of sp³-hybridized carbons (Fsp3) is 0.385. The lowest BCUT2D eigenvalue weighted by molar-refractivity contribution is -0.126. The van der Waals surface area contributed by atoms with Gasteiger partial charge in [0.1, 0.15) is 5.69 Å². The average molecular weight is 517 g/mol. The lowest BCUT2D eigenvalue weighted by atomic mass is 9.87. The molecule has 2 aromatic carbocycles. The summed E-state index contributed by atoms with van der Waals surface area (Å²) in [6.45, 7) is 4.05. The first-order chi connectivity index (χ1) is 16.7. The van der Waals surface area contributed by atoms with Gasteiger partial charge in [-0.2, -0.15) is 0 Å². The maximum absolute atomic E-state index is 13.1. The number of hydrogen-bond acceptors (Lipinski definition) is 5. The molecule has 9 heteroatoms. The lowest BCUT2D eigenvalue weighted by Gasteiger charge is -2.28. The largest absolute Gasteiger partial charge is 0.391 e. The molecule has 0 saturated heterocycles. The highest BCUT2D eigenvalue weighted by molar-refractivity contribution is 6.42. The summed E-state index contributed by atoms with van der Waals surface area (Å²) in [6, 6.07) is 11.7. The zero-order valence-electron chi connectivity index (χ0n) is 20.0. The molecule has 3 atom stereocenters. The third-order valence-electron chi connectivity index (χ3n) is 5.80. The summed E-state index contributed by atoms with van der Waals surface area (Å²) in [5.74, 6) is -0.741. The van der Waals surface area contributed by atoms with Gasteiger partial charge in [0.15, 0.2) is 0 Å². The number of carbonyl (C=O) groups excluding carboxylic acids is 2. The van der Waals surface area contributed by atoms with Crippen molar-refractivity contribution in [3.8, 4) is 0 Å². The number of aliphatic hydroxyl groups excluding tert-OH is 1. The van der Waals surface area contributed by atoms with Gasteiger partial charge in [-0.25, -0.2) is 4.98 Å². The number of fused-ring (bicyclic) bond motifs is 1. The van der Waals surface area contributed by atoms with Gasteiger partial charge in [0.25, 0.3) is 5.91 Å². The predicted octanol–water partition coefficient (Wildman–Crippen LogP) is 4.44. The molecule has 0 unspecified atom stereocenters. The number of hydrogen-bond donors (Lipinski definition) is 3. The molecule has 0 radical (unpaired) electrons. The molecular weight excluding hydrogens is 487 g/mol. The molecule has 0 aliphatic carbocycles. The second kappa shape index (κ2) is 12.3. The molecule has 0 bridgehead atoms. The summed E-state index contributed by atoms with van der Waals surface area (Å²) < 4.78 is 0. The van der Waals surface area contributed by atoms with Gasteiger partial charge in [-0.05, 0) is 55.0 Å². The topological polar surface area (TPSA) is 104 Å². The van der Waals surface area contributed by atoms with Crippen molar-refractivity contribution in [1.29, 1.82) is 0 Å². The number of benzene rings is 2. The summed E-state index contributed by atoms with van der Waals surface area (Å²) in [5, 5.41) is 17.6. The molecule has 1 aromatic heterocycles. The molecule has 0 aliphatic rings. The van der Waals surface area contributed by atoms with Crippen LogP contribution in [0.1, 0.15) is 42.7 Å². The Morgan fingerprint density at radius 2 is 1.74 bits per heavy atom. The van der Waals surface area contributed by atoms with Gasteiger partial charge >= 0.3 is 0 Å². The van der Waals surface area contributed by atoms with Crippen molar-refractivity contribution in [3.05, 3.63) is 70.0 Å². The maximum atomic E-state index is 13.1. The first-order valence-corrected chi connectivity index (χ1v) is 12.3. The van der Waals surface area contributed by atoms with E-state index in [0.717, 1.165) is 5.56 Å². The smallest absolute Gasteiger partial charge is 0.271 e. The standard InChI is InChI=1S/C26H30Cl2N4O3/c1-15(2)10-17(25(34)29-3)13-24(33)22(12-16-8-9-18(27)19(28)11-16)32-26(35)23-14-30-20-6-4-5-7-21(20)31-23/h4-9,11,14-15,17,22,24,33H,10,12-13H2,1-3H3,(H,29,34)(H,32,35)/t17-,22+,24+/m1/s1. The van der Waals surface area contributed by atoms with E-state index >= 15 is 0 Å². The maximum Gasteiger partial charge on any atom is 0.271 e. The zero-order chi connectivity index (χ0) is 25.5. The van der Waals surface area contributed by atoms with E-state index in [2.05, 4.69) is 20.6 Å². The highest BCUT2D eigenvalue weighted by Gasteiger charge is 2.29. The molecule has 35 heavy (non-hydrogen) atoms. The van der Waals surface area contributed by atoms with Crippen LogP contribution in [0.5, 0.6) is 0 Å². The number of rotatable bonds is 10. The van der Waals surface area contributed by atoms with E-state index in [4.69, 9.17) is 23.2 Å². The minimum Gasteiger partial charge on any atom is -0.391 e. The van der Waals surface area contributed by atoms with E-state index in [9.17, 15) is 14.7 Å². The normalized spacial score (nSPS) is 13.9. The van der Waals surface area contributed by atoms with Crippen LogP contribution in [-0.4, -0.2) is 46.1 Å². The summed E-state index contributed by atoms with van der Waals surface area (Å²) in [7, 11) is 1.58. The van der Waals surface area contributed by atoms with Crippen LogP contribution in [0.15, 0.2) is 48.7 Å². The Balaban J connectivity index is 1.85. The number of amides is 2. The second-order valence-corrected chi connectivity index (χ2v) is 9.83. The van der Waals surface area contributed by atoms with Crippen molar-refractivity contribution in [3.63, 3.8) is 0 Å². The van der Waals surface area contributed by atoms with Crippen molar-refractivity contribution in [2.75, 3.05) is 7.05 Å². The highest BCUT2D eigenvalue weighted by atomic mass is 35.5. The van der Waals surface area contributed by atoms with E-state index in [1.807, 2.05) is 32.0 Å². The third kappa shape index (κ3) is 7.37. The first kappa shape index (κ1) is 26.9. The van der Waals surface area contributed by atoms with Gasteiger partial charge in [0, 0.05) is 13.0 Å². The van der Waals surface area contributed by atoms with Crippen LogP contribution in [0.2, 0.25) is 10.0 Å². The number of para-hydroxylation sites is 2. The van der Waals surface area contributed by atoms with Gasteiger partial charge in [0.05, 0.1) is 39.4 Å². The van der Waals surface area contributed by atoms with Gasteiger partial charge in [-0.3, -0.25) is 14.6 Å². The number of nitrogens with one attached hydrogen (secondary N) is 2. The molecular formula is C26H30Cl2N4O3. The summed E-state index contributed by atoms with van der Waals surface area (Å²) in [4.78, 5) is 34.3. The average Bonchev–Trinajstić information content (AvgIpc) is 2.84. The lowest BCUT2D eigenvalue weighted by Crippen LogP contribution is -2.47. The fourth-order valence-electron chi connectivity index (χ4n) is 4.05. The molecule has 0 fully saturated rings. The molecule has 3 rings (SSSR count). The molecule has 3 aromatic rings. The molecule has 3 N–H and O–H groups in total. The molecule has 2 amide bonds. The van der Waals surface area contributed by atoms with Gasteiger partial charge in [-0.15, -0.1) is 0 Å². The Labute approximate surface area is 215 Å². The minimum absolute atomic E-state index is 0.139. The highest BCUT2D eigenvalue weighted by Crippen LogP contribution is 2.25. The molecule has 186 valence electrons. The number of carbonyl (C=O) groups is 2. The van der Waals surface area contributed by atoms with Gasteiger partial charge in [-0.1, -0.05) is 55.2 Å². The number of aromatic nitrogens is 2. The van der Waals surface area contributed by atoms with Crippen LogP contribution in [0.4, 0.5) is 0 Å². The molecule has 1 heterocycles. The number of nitrogens with zero attached hydrogens (tertiary/aromatic N) is 2. The molecule has 7 nitrogen and oxygen atoms in total. The first-order valence-electron chi connectivity index (χ1n) is 11.5. The Morgan fingerprint density at radius 1 is 1.03 bits per heavy atom. The van der Waals surface area contributed by atoms with E-state index < -0.39 is 24.0 Å². The van der Waals surface area contributed by atoms with Gasteiger partial charge in [0.2, 0.25) is 5.91 Å². The summed E-state index contributed by atoms with van der Waals surface area (Å²) in [5.41, 5.74) is 2.20. The van der Waals surface area contributed by atoms with Crippen molar-refractivity contribution in [2.45, 2.75) is 45.3 Å². The molecule has 0 spiro atoms. The number of halogens is 2. The SMILES string of the molecule is CNC(=O)[C@H](CC(C)C)C[C@H](O)[C@H](Cc1ccc(Cl)c(Cl)c1)NC(=O)c1cnc2ccccc2n1. The Kier molecular flexibility index (Phi) is 9.43. The Morgan fingerprint density at radius 3 is 2.40 bits per heavy atom. The van der Waals surface area contributed by atoms with Crippen LogP contribution >= 0.6 is 23.2 Å². The Bertz CT molecular complexity index is 1190. The predicted molar refractivity (Wildman–Crippen MR) is 139 cm³/mol. The van der Waals surface area contributed by atoms with Crippen molar-refractivity contribution in [1.82, 2.24) is 20.6 Å². The van der Waals surface area contributed by atoms with E-state index in [0.29, 0.717) is 27.5 Å². The van der Waals surface area contributed by atoms with Crippen LogP contribution in [0.25, 0.3) is 11.0 Å². The van der Waals surface area contributed by atoms with E-state index in [-0.39, 0.29) is 30.4 Å². The minimum atomic E-state index is -0.997. The molecule has 0 saturated carbocycles. The van der Waals surface area contributed by atoms with Crippen molar-refractivity contribution >= 4 is 46.0 Å². The van der Waals surface area contributed by atoms with E-state index in [1.165, 1.54) is 6.20 Å². The monoisotopic (exact) mass is 516 g/mol. The third-order valence-corrected chi connectivity index (χ3v) is 6.54. The van der Waals surface area contributed by atoms with Crippen LogP contribution in [0, 0.1) is 11.8 Å². The van der Waals surface area contributed by atoms with Crippen LogP contribution < -0.4 is 10.6 Å². The van der Waals surface area contributed by atoms with Gasteiger partial charge < -0.3 is 15.7 Å². The Hall–Kier alpha value is -2.74. The van der Waals surface area contributed by atoms with Crippen molar-refractivity contribution in [2.24, 2.45) is 11.8 Å². The number of aliphatic hydroxyl groups is 1. The zero-order valence-corrected chi connectivity index (χ0v) is 21.5. The van der Waals surface area contributed by atoms with E-state index in [1.54, 1.807) is 31.3 Å².